The number of hydrogen-bond acceptors (Lipinski definition) is 5. The number of carbonyl (C=O) groups is 1. The summed E-state index contributed by atoms with van der Waals surface area (Å²) in [5.41, 5.74) is 1.04. The molecule has 0 saturated carbocycles. The predicted molar refractivity (Wildman–Crippen MR) is 76.4 cm³/mol. The Hall–Kier alpha value is -2.96. The molecule has 7 heteroatoms. The highest BCUT2D eigenvalue weighted by Crippen LogP contribution is 2.26. The molecule has 0 saturated heterocycles. The van der Waals surface area contributed by atoms with Crippen molar-refractivity contribution in [3.8, 4) is 0 Å². The first-order valence-electron chi connectivity index (χ1n) is 6.11. The summed E-state index contributed by atoms with van der Waals surface area (Å²) in [6.45, 7) is 0.398. The van der Waals surface area contributed by atoms with Crippen molar-refractivity contribution in [1.29, 1.82) is 0 Å². The number of aromatic nitrogens is 1. The van der Waals surface area contributed by atoms with Gasteiger partial charge in [-0.15, -0.1) is 0 Å². The van der Waals surface area contributed by atoms with E-state index < -0.39 is 10.9 Å². The lowest BCUT2D eigenvalue weighted by atomic mass is 10.1. The molecule has 0 fully saturated rings. The smallest absolute Gasteiger partial charge is 0.337 e. The Kier molecular flexibility index (Phi) is 4.13. The van der Waals surface area contributed by atoms with E-state index in [9.17, 15) is 20.0 Å². The molecular weight excluding hydrogens is 274 g/mol. The summed E-state index contributed by atoms with van der Waals surface area (Å²) in [4.78, 5) is 27.2. The van der Waals surface area contributed by atoms with E-state index in [4.69, 9.17) is 0 Å². The first kappa shape index (κ1) is 14.4. The summed E-state index contributed by atoms with van der Waals surface area (Å²) in [6, 6.07) is 7.32. The molecule has 0 amide bonds. The molecule has 0 unspecified atom stereocenters. The fourth-order valence-corrected chi connectivity index (χ4v) is 1.98. The van der Waals surface area contributed by atoms with Crippen molar-refractivity contribution in [2.24, 2.45) is 0 Å². The largest absolute Gasteiger partial charge is 0.478 e. The highest BCUT2D eigenvalue weighted by molar-refractivity contribution is 5.95. The van der Waals surface area contributed by atoms with E-state index in [2.05, 4.69) is 4.98 Å². The maximum atomic E-state index is 11.3. The minimum atomic E-state index is -1.13. The Balaban J connectivity index is 2.37. The molecule has 7 nitrogen and oxygen atoms in total. The van der Waals surface area contributed by atoms with Gasteiger partial charge in [0, 0.05) is 38.1 Å². The number of carboxylic acid groups (broad SMARTS) is 1. The fourth-order valence-electron chi connectivity index (χ4n) is 1.98. The van der Waals surface area contributed by atoms with Crippen molar-refractivity contribution in [3.05, 3.63) is 64.0 Å². The maximum absolute atomic E-state index is 11.3. The van der Waals surface area contributed by atoms with Gasteiger partial charge in [-0.3, -0.25) is 15.1 Å². The predicted octanol–water partition coefficient (Wildman–Crippen LogP) is 2.32. The molecule has 1 aromatic carbocycles. The van der Waals surface area contributed by atoms with Gasteiger partial charge in [0.1, 0.15) is 0 Å². The Bertz CT molecular complexity index is 673. The van der Waals surface area contributed by atoms with Crippen LogP contribution in [0, 0.1) is 10.1 Å². The molecule has 0 aliphatic carbocycles. The number of nitro groups is 1. The highest BCUT2D eigenvalue weighted by atomic mass is 16.6. The monoisotopic (exact) mass is 287 g/mol. The third-order valence-corrected chi connectivity index (χ3v) is 2.98. The number of hydrogen-bond donors (Lipinski definition) is 1. The molecule has 21 heavy (non-hydrogen) atoms. The number of nitro benzene ring substituents is 1. The lowest BCUT2D eigenvalue weighted by Gasteiger charge is -2.21. The number of rotatable bonds is 5. The van der Waals surface area contributed by atoms with E-state index in [-0.39, 0.29) is 11.3 Å². The number of carboxylic acids is 1. The zero-order valence-electron chi connectivity index (χ0n) is 11.3. The van der Waals surface area contributed by atoms with Crippen LogP contribution in [0.1, 0.15) is 15.9 Å². The molecular formula is C14H13N3O4. The maximum Gasteiger partial charge on any atom is 0.337 e. The second-order valence-corrected chi connectivity index (χ2v) is 4.48. The second kappa shape index (κ2) is 6.00. The van der Waals surface area contributed by atoms with Gasteiger partial charge in [-0.25, -0.2) is 4.79 Å². The normalized spacial score (nSPS) is 10.1. The van der Waals surface area contributed by atoms with Gasteiger partial charge < -0.3 is 10.0 Å². The van der Waals surface area contributed by atoms with E-state index in [0.717, 1.165) is 5.56 Å². The van der Waals surface area contributed by atoms with Crippen LogP contribution in [0.15, 0.2) is 42.7 Å². The molecule has 2 aromatic rings. The number of aromatic carboxylic acids is 1. The van der Waals surface area contributed by atoms with Crippen molar-refractivity contribution in [3.63, 3.8) is 0 Å². The van der Waals surface area contributed by atoms with Crippen molar-refractivity contribution < 1.29 is 14.8 Å². The van der Waals surface area contributed by atoms with Crippen LogP contribution in [0.3, 0.4) is 0 Å². The fraction of sp³-hybridized carbons (Fsp3) is 0.143. The molecule has 0 bridgehead atoms. The number of anilines is 1. The van der Waals surface area contributed by atoms with Gasteiger partial charge in [-0.2, -0.15) is 0 Å². The molecule has 0 atom stereocenters. The first-order valence-corrected chi connectivity index (χ1v) is 6.11. The summed E-state index contributed by atoms with van der Waals surface area (Å²) >= 11 is 0. The molecule has 1 aromatic heterocycles. The average Bonchev–Trinajstić information content (AvgIpc) is 2.47. The van der Waals surface area contributed by atoms with Crippen LogP contribution >= 0.6 is 0 Å². The van der Waals surface area contributed by atoms with E-state index >= 15 is 0 Å². The number of pyridine rings is 1. The Morgan fingerprint density at radius 3 is 2.76 bits per heavy atom. The van der Waals surface area contributed by atoms with Crippen LogP contribution < -0.4 is 4.90 Å². The van der Waals surface area contributed by atoms with Crippen molar-refractivity contribution in [2.75, 3.05) is 11.9 Å². The van der Waals surface area contributed by atoms with E-state index in [1.165, 1.54) is 18.2 Å². The third-order valence-electron chi connectivity index (χ3n) is 2.98. The minimum absolute atomic E-state index is 0.0204. The standard InChI is InChI=1S/C14H13N3O4/c1-16(9-10-3-2-6-15-8-10)13-7-11(17(20)21)4-5-12(13)14(18)19/h2-8H,9H2,1H3,(H,18,19). The molecule has 0 aliphatic heterocycles. The summed E-state index contributed by atoms with van der Waals surface area (Å²) < 4.78 is 0. The van der Waals surface area contributed by atoms with Crippen LogP contribution in [0.4, 0.5) is 11.4 Å². The van der Waals surface area contributed by atoms with E-state index in [1.54, 1.807) is 30.4 Å². The second-order valence-electron chi connectivity index (χ2n) is 4.48. The quantitative estimate of drug-likeness (QED) is 0.669. The Morgan fingerprint density at radius 2 is 2.19 bits per heavy atom. The summed E-state index contributed by atoms with van der Waals surface area (Å²) in [6.07, 6.45) is 3.30. The number of nitrogens with zero attached hydrogens (tertiary/aromatic N) is 3. The van der Waals surface area contributed by atoms with Gasteiger partial charge in [0.25, 0.3) is 5.69 Å². The van der Waals surface area contributed by atoms with Gasteiger partial charge in [0.05, 0.1) is 16.2 Å². The van der Waals surface area contributed by atoms with Crippen molar-refractivity contribution in [1.82, 2.24) is 4.98 Å². The van der Waals surface area contributed by atoms with Crippen LogP contribution in [0.2, 0.25) is 0 Å². The zero-order chi connectivity index (χ0) is 15.4. The van der Waals surface area contributed by atoms with Crippen LogP contribution in [0.5, 0.6) is 0 Å². The SMILES string of the molecule is CN(Cc1cccnc1)c1cc([N+](=O)[O-])ccc1C(=O)O. The molecule has 0 aliphatic rings. The molecule has 1 N–H and O–H groups in total. The van der Waals surface area contributed by atoms with Crippen LogP contribution in [0.25, 0.3) is 0 Å². The molecule has 1 heterocycles. The summed E-state index contributed by atoms with van der Waals surface area (Å²) in [5, 5.41) is 20.0. The lowest BCUT2D eigenvalue weighted by molar-refractivity contribution is -0.384. The molecule has 108 valence electrons. The molecule has 0 radical (unpaired) electrons. The average molecular weight is 287 g/mol. The topological polar surface area (TPSA) is 96.6 Å². The van der Waals surface area contributed by atoms with Gasteiger partial charge in [-0.1, -0.05) is 6.07 Å². The van der Waals surface area contributed by atoms with Crippen molar-refractivity contribution >= 4 is 17.3 Å². The van der Waals surface area contributed by atoms with E-state index in [1.807, 2.05) is 6.07 Å². The first-order chi connectivity index (χ1) is 9.99. The highest BCUT2D eigenvalue weighted by Gasteiger charge is 2.18. The molecule has 0 spiro atoms. The van der Waals surface area contributed by atoms with E-state index in [0.29, 0.717) is 12.2 Å². The summed E-state index contributed by atoms with van der Waals surface area (Å²) in [5.74, 6) is -1.13. The lowest BCUT2D eigenvalue weighted by Crippen LogP contribution is -2.19. The van der Waals surface area contributed by atoms with Gasteiger partial charge >= 0.3 is 5.97 Å². The van der Waals surface area contributed by atoms with Gasteiger partial charge in [0.2, 0.25) is 0 Å². The number of non-ortho nitro benzene ring substituents is 1. The Labute approximate surface area is 120 Å². The van der Waals surface area contributed by atoms with Gasteiger partial charge in [0.15, 0.2) is 0 Å². The number of benzene rings is 1. The van der Waals surface area contributed by atoms with Crippen molar-refractivity contribution in [2.45, 2.75) is 6.54 Å². The third kappa shape index (κ3) is 3.33. The summed E-state index contributed by atoms with van der Waals surface area (Å²) in [7, 11) is 1.68. The zero-order valence-corrected chi connectivity index (χ0v) is 11.3. The molecule has 2 rings (SSSR count). The van der Waals surface area contributed by atoms with Crippen LogP contribution in [-0.4, -0.2) is 28.0 Å². The van der Waals surface area contributed by atoms with Gasteiger partial charge in [-0.05, 0) is 17.7 Å². The van der Waals surface area contributed by atoms with Crippen LogP contribution in [-0.2, 0) is 6.54 Å². The Morgan fingerprint density at radius 1 is 1.43 bits per heavy atom. The minimum Gasteiger partial charge on any atom is -0.478 e.